The van der Waals surface area contributed by atoms with E-state index in [-0.39, 0.29) is 30.9 Å². The van der Waals surface area contributed by atoms with Crippen LogP contribution in [-0.4, -0.2) is 4.98 Å². The van der Waals surface area contributed by atoms with E-state index in [0.717, 1.165) is 21.3 Å². The van der Waals surface area contributed by atoms with Crippen molar-refractivity contribution in [3.63, 3.8) is 0 Å². The Morgan fingerprint density at radius 3 is 2.21 bits per heavy atom. The molecule has 0 aliphatic heterocycles. The number of fused-ring (bicyclic) bond motifs is 1. The van der Waals surface area contributed by atoms with E-state index in [1.165, 1.54) is 29.5 Å². The molecule has 1 nitrogen and oxygen atoms in total. The fourth-order valence-electron chi connectivity index (χ4n) is 4.05. The monoisotopic (exact) mass is 611 g/mol. The van der Waals surface area contributed by atoms with Crippen molar-refractivity contribution in [3.05, 3.63) is 76.4 Å². The molecule has 4 rings (SSSR count). The Labute approximate surface area is 190 Å². The molecule has 1 radical (unpaired) electrons. The van der Waals surface area contributed by atoms with Crippen molar-refractivity contribution in [2.75, 3.05) is 0 Å². The Kier molecular flexibility index (Phi) is 6.01. The average molecular weight is 612 g/mol. The van der Waals surface area contributed by atoms with E-state index in [2.05, 4.69) is 98.4 Å². The van der Waals surface area contributed by atoms with Crippen LogP contribution >= 0.6 is 15.9 Å². The summed E-state index contributed by atoms with van der Waals surface area (Å²) in [6.07, 6.45) is 4.51. The molecule has 147 valence electrons. The zero-order valence-electron chi connectivity index (χ0n) is 16.8. The van der Waals surface area contributed by atoms with Crippen molar-refractivity contribution in [2.24, 2.45) is 0 Å². The quantitative estimate of drug-likeness (QED) is 0.277. The van der Waals surface area contributed by atoms with Gasteiger partial charge in [-0.1, -0.05) is 95.6 Å². The Hall–Kier alpha value is -1.28. The van der Waals surface area contributed by atoms with E-state index in [0.29, 0.717) is 0 Å². The largest absolute Gasteiger partial charge is 0.304 e. The smallest absolute Gasteiger partial charge is 0.0201 e. The predicted octanol–water partition coefficient (Wildman–Crippen LogP) is 7.32. The zero-order chi connectivity index (χ0) is 19.2. The second kappa shape index (κ2) is 7.86. The summed E-state index contributed by atoms with van der Waals surface area (Å²) in [4.78, 5) is 4.81. The van der Waals surface area contributed by atoms with Gasteiger partial charge in [-0.05, 0) is 40.5 Å². The van der Waals surface area contributed by atoms with Crippen molar-refractivity contribution in [1.82, 2.24) is 4.98 Å². The summed E-state index contributed by atoms with van der Waals surface area (Å²) >= 11 is 3.75. The van der Waals surface area contributed by atoms with E-state index in [4.69, 9.17) is 4.98 Å². The van der Waals surface area contributed by atoms with E-state index in [9.17, 15) is 0 Å². The number of benzene rings is 2. The van der Waals surface area contributed by atoms with E-state index >= 15 is 0 Å². The number of nitrogens with zero attached hydrogens (tertiary/aromatic N) is 1. The van der Waals surface area contributed by atoms with Gasteiger partial charge < -0.3 is 4.98 Å². The molecule has 0 atom stereocenters. The topological polar surface area (TPSA) is 12.9 Å². The summed E-state index contributed by atoms with van der Waals surface area (Å²) in [6.45, 7) is 9.37. The van der Waals surface area contributed by atoms with Gasteiger partial charge in [0.05, 0.1) is 0 Å². The molecule has 0 bridgehead atoms. The average Bonchev–Trinajstić information content (AvgIpc) is 2.66. The molecule has 0 N–H and O–H groups in total. The van der Waals surface area contributed by atoms with Gasteiger partial charge in [-0.3, -0.25) is 0 Å². The second-order valence-electron chi connectivity index (χ2n) is 8.86. The van der Waals surface area contributed by atoms with Crippen LogP contribution in [0.25, 0.3) is 22.4 Å². The van der Waals surface area contributed by atoms with Crippen molar-refractivity contribution >= 4 is 15.9 Å². The van der Waals surface area contributed by atoms with E-state index < -0.39 is 0 Å². The fraction of sp³-hybridized carbons (Fsp3) is 0.320. The number of pyridine rings is 1. The third-order valence-corrected chi connectivity index (χ3v) is 6.65. The van der Waals surface area contributed by atoms with Crippen LogP contribution in [-0.2, 0) is 30.9 Å². The third-order valence-electron chi connectivity index (χ3n) is 6.00. The Morgan fingerprint density at radius 1 is 0.929 bits per heavy atom. The third kappa shape index (κ3) is 3.90. The van der Waals surface area contributed by atoms with Crippen LogP contribution in [0.4, 0.5) is 0 Å². The molecule has 0 fully saturated rings. The summed E-state index contributed by atoms with van der Waals surface area (Å²) in [5.74, 6) is 0. The molecule has 1 heterocycles. The Balaban J connectivity index is 0.00000225. The van der Waals surface area contributed by atoms with Crippen molar-refractivity contribution in [2.45, 2.75) is 51.4 Å². The molecular weight excluding hydrogens is 586 g/mol. The SMILES string of the molecule is CC1(C)CCC(C)(C)c2cc(-c3[c-]cc(-c4ccccc4)c(Br)c3)ncc21.[Ir]. The Bertz CT molecular complexity index is 993. The summed E-state index contributed by atoms with van der Waals surface area (Å²) in [7, 11) is 0. The van der Waals surface area contributed by atoms with E-state index in [1.807, 2.05) is 6.07 Å². The van der Waals surface area contributed by atoms with Crippen LogP contribution in [0.5, 0.6) is 0 Å². The number of rotatable bonds is 2. The molecule has 2 aromatic carbocycles. The van der Waals surface area contributed by atoms with Crippen LogP contribution in [0.15, 0.2) is 59.2 Å². The first kappa shape index (κ1) is 21.4. The number of hydrogen-bond acceptors (Lipinski definition) is 1. The van der Waals surface area contributed by atoms with Crippen LogP contribution < -0.4 is 0 Å². The number of halogens is 1. The maximum atomic E-state index is 4.81. The molecule has 1 aromatic heterocycles. The van der Waals surface area contributed by atoms with Gasteiger partial charge in [-0.2, -0.15) is 0 Å². The van der Waals surface area contributed by atoms with E-state index in [1.54, 1.807) is 0 Å². The normalized spacial score (nSPS) is 16.8. The van der Waals surface area contributed by atoms with Crippen LogP contribution in [0.3, 0.4) is 0 Å². The van der Waals surface area contributed by atoms with Gasteiger partial charge >= 0.3 is 0 Å². The minimum absolute atomic E-state index is 0. The minimum Gasteiger partial charge on any atom is -0.304 e. The first-order valence-electron chi connectivity index (χ1n) is 9.56. The van der Waals surface area contributed by atoms with Gasteiger partial charge in [-0.15, -0.1) is 23.8 Å². The zero-order valence-corrected chi connectivity index (χ0v) is 20.7. The van der Waals surface area contributed by atoms with Gasteiger partial charge in [0.25, 0.3) is 0 Å². The molecule has 1 aliphatic carbocycles. The van der Waals surface area contributed by atoms with Crippen LogP contribution in [0, 0.1) is 6.07 Å². The van der Waals surface area contributed by atoms with Gasteiger partial charge in [0.2, 0.25) is 0 Å². The van der Waals surface area contributed by atoms with Crippen molar-refractivity contribution in [1.29, 1.82) is 0 Å². The molecule has 28 heavy (non-hydrogen) atoms. The van der Waals surface area contributed by atoms with Gasteiger partial charge in [0, 0.05) is 26.3 Å². The van der Waals surface area contributed by atoms with Crippen molar-refractivity contribution in [3.8, 4) is 22.4 Å². The molecule has 3 heteroatoms. The molecule has 0 unspecified atom stereocenters. The molecule has 0 amide bonds. The first-order chi connectivity index (χ1) is 12.8. The number of aromatic nitrogens is 1. The van der Waals surface area contributed by atoms with Gasteiger partial charge in [0.1, 0.15) is 0 Å². The number of hydrogen-bond donors (Lipinski definition) is 0. The maximum Gasteiger partial charge on any atom is 0.0201 e. The molecule has 0 saturated carbocycles. The van der Waals surface area contributed by atoms with Crippen LogP contribution in [0.2, 0.25) is 0 Å². The molecule has 0 saturated heterocycles. The second-order valence-corrected chi connectivity index (χ2v) is 9.71. The first-order valence-corrected chi connectivity index (χ1v) is 10.4. The van der Waals surface area contributed by atoms with Gasteiger partial charge in [-0.25, -0.2) is 0 Å². The van der Waals surface area contributed by atoms with Crippen molar-refractivity contribution < 1.29 is 20.1 Å². The minimum atomic E-state index is 0. The molecule has 3 aromatic rings. The summed E-state index contributed by atoms with van der Waals surface area (Å²) in [5.41, 5.74) is 7.57. The summed E-state index contributed by atoms with van der Waals surface area (Å²) < 4.78 is 1.07. The standard InChI is InChI=1S/C25H25BrN.Ir/c1-24(2)12-13-25(3,4)21-16-27-23(15-20(21)24)18-10-11-19(22(26)14-18)17-8-6-5-7-9-17;/h5-9,11,14-16H,12-13H2,1-4H3;/q-1;. The molecular formula is C25H25BrIrN-. The predicted molar refractivity (Wildman–Crippen MR) is 117 cm³/mol. The summed E-state index contributed by atoms with van der Waals surface area (Å²) in [6, 6.07) is 20.3. The Morgan fingerprint density at radius 2 is 1.57 bits per heavy atom. The fourth-order valence-corrected chi connectivity index (χ4v) is 4.62. The molecule has 1 aliphatic rings. The van der Waals surface area contributed by atoms with Crippen LogP contribution in [0.1, 0.15) is 51.7 Å². The molecule has 0 spiro atoms. The maximum absolute atomic E-state index is 4.81. The summed E-state index contributed by atoms with van der Waals surface area (Å²) in [5, 5.41) is 0. The van der Waals surface area contributed by atoms with Gasteiger partial charge in [0.15, 0.2) is 0 Å².